The molecule has 0 saturated carbocycles. The molecule has 0 spiro atoms. The summed E-state index contributed by atoms with van der Waals surface area (Å²) in [6, 6.07) is -4.93. The number of carboxylic acid groups (broad SMARTS) is 1. The number of carbonyl (C=O) groups excluding carboxylic acids is 4. The molecule has 9 N–H and O–H groups in total. The van der Waals surface area contributed by atoms with E-state index in [1.807, 2.05) is 0 Å². The van der Waals surface area contributed by atoms with Crippen molar-refractivity contribution in [2.24, 2.45) is 17.4 Å². The monoisotopic (exact) mass is 389 g/mol. The summed E-state index contributed by atoms with van der Waals surface area (Å²) in [6.45, 7) is 3.76. The first-order valence-corrected chi connectivity index (χ1v) is 8.19. The van der Waals surface area contributed by atoms with Crippen LogP contribution in [0.25, 0.3) is 0 Å². The van der Waals surface area contributed by atoms with Crippen molar-refractivity contribution in [2.75, 3.05) is 6.61 Å². The SMILES string of the molecule is CC(NC(=O)C(N)CC(N)=O)C(=O)NC(C(=O)NC(CO)C(=O)O)C(C)C. The van der Waals surface area contributed by atoms with Gasteiger partial charge in [-0.05, 0) is 12.8 Å². The third kappa shape index (κ3) is 8.46. The van der Waals surface area contributed by atoms with Gasteiger partial charge >= 0.3 is 5.97 Å². The first kappa shape index (κ1) is 24.3. The fraction of sp³-hybridized carbons (Fsp3) is 0.667. The van der Waals surface area contributed by atoms with Gasteiger partial charge in [0.15, 0.2) is 0 Å². The Bertz CT molecular complexity index is 581. The summed E-state index contributed by atoms with van der Waals surface area (Å²) in [5.41, 5.74) is 10.4. The van der Waals surface area contributed by atoms with E-state index in [1.54, 1.807) is 13.8 Å². The van der Waals surface area contributed by atoms with Crippen LogP contribution in [0.4, 0.5) is 0 Å². The maximum absolute atomic E-state index is 12.2. The number of hydrogen-bond acceptors (Lipinski definition) is 7. The number of hydrogen-bond donors (Lipinski definition) is 7. The van der Waals surface area contributed by atoms with Crippen molar-refractivity contribution in [3.8, 4) is 0 Å². The Morgan fingerprint density at radius 1 is 0.926 bits per heavy atom. The van der Waals surface area contributed by atoms with Gasteiger partial charge in [-0.1, -0.05) is 13.8 Å². The van der Waals surface area contributed by atoms with Crippen LogP contribution in [-0.2, 0) is 24.0 Å². The Balaban J connectivity index is 4.92. The van der Waals surface area contributed by atoms with Crippen molar-refractivity contribution >= 4 is 29.6 Å². The highest BCUT2D eigenvalue weighted by molar-refractivity contribution is 5.94. The molecule has 0 rings (SSSR count). The second-order valence-corrected chi connectivity index (χ2v) is 6.32. The molecule has 0 aromatic carbocycles. The van der Waals surface area contributed by atoms with E-state index >= 15 is 0 Å². The van der Waals surface area contributed by atoms with Crippen LogP contribution in [0.15, 0.2) is 0 Å². The van der Waals surface area contributed by atoms with Gasteiger partial charge in [0.25, 0.3) is 0 Å². The molecule has 0 bridgehead atoms. The molecular weight excluding hydrogens is 362 g/mol. The molecule has 4 unspecified atom stereocenters. The van der Waals surface area contributed by atoms with Gasteiger partial charge < -0.3 is 37.6 Å². The molecule has 0 radical (unpaired) electrons. The number of carbonyl (C=O) groups is 5. The van der Waals surface area contributed by atoms with Crippen LogP contribution in [0.3, 0.4) is 0 Å². The number of nitrogens with two attached hydrogens (primary N) is 2. The van der Waals surface area contributed by atoms with Gasteiger partial charge in [0, 0.05) is 0 Å². The highest BCUT2D eigenvalue weighted by atomic mass is 16.4. The summed E-state index contributed by atoms with van der Waals surface area (Å²) >= 11 is 0. The molecule has 12 heteroatoms. The van der Waals surface area contributed by atoms with Crippen LogP contribution in [0.1, 0.15) is 27.2 Å². The Morgan fingerprint density at radius 3 is 1.89 bits per heavy atom. The second-order valence-electron chi connectivity index (χ2n) is 6.32. The van der Waals surface area contributed by atoms with Crippen LogP contribution in [0.5, 0.6) is 0 Å². The zero-order chi connectivity index (χ0) is 21.3. The van der Waals surface area contributed by atoms with Gasteiger partial charge in [-0.2, -0.15) is 0 Å². The molecule has 0 aromatic rings. The molecule has 12 nitrogen and oxygen atoms in total. The normalized spacial score (nSPS) is 15.2. The number of aliphatic hydroxyl groups is 1. The van der Waals surface area contributed by atoms with E-state index in [0.29, 0.717) is 0 Å². The fourth-order valence-corrected chi connectivity index (χ4v) is 1.96. The van der Waals surface area contributed by atoms with Crippen LogP contribution in [-0.4, -0.2) is 70.6 Å². The number of aliphatic hydroxyl groups excluding tert-OH is 1. The fourth-order valence-electron chi connectivity index (χ4n) is 1.96. The Kier molecular flexibility index (Phi) is 9.96. The van der Waals surface area contributed by atoms with Crippen LogP contribution >= 0.6 is 0 Å². The molecule has 4 amide bonds. The van der Waals surface area contributed by atoms with E-state index in [4.69, 9.17) is 21.7 Å². The topological polar surface area (TPSA) is 214 Å². The Hall–Kier alpha value is -2.73. The standard InChI is InChI=1S/C15H27N5O7/c1-6(2)11(14(25)19-9(5-21)15(26)27)20-12(23)7(3)18-13(24)8(16)4-10(17)22/h6-9,11,21H,4-5,16H2,1-3H3,(H2,17,22)(H,18,24)(H,19,25)(H,20,23)(H,26,27). The van der Waals surface area contributed by atoms with Gasteiger partial charge in [-0.15, -0.1) is 0 Å². The quantitative estimate of drug-likeness (QED) is 0.187. The van der Waals surface area contributed by atoms with E-state index in [-0.39, 0.29) is 0 Å². The summed E-state index contributed by atoms with van der Waals surface area (Å²) in [5.74, 6) is -4.91. The lowest BCUT2D eigenvalue weighted by Crippen LogP contribution is -2.58. The van der Waals surface area contributed by atoms with E-state index in [9.17, 15) is 24.0 Å². The second kappa shape index (κ2) is 11.1. The number of carboxylic acids is 1. The Labute approximate surface area is 156 Å². The van der Waals surface area contributed by atoms with Gasteiger partial charge in [0.05, 0.1) is 19.1 Å². The van der Waals surface area contributed by atoms with Crippen molar-refractivity contribution in [3.63, 3.8) is 0 Å². The number of amides is 4. The molecule has 0 aliphatic carbocycles. The van der Waals surface area contributed by atoms with E-state index < -0.39 is 72.7 Å². The van der Waals surface area contributed by atoms with E-state index in [0.717, 1.165) is 0 Å². The number of rotatable bonds is 11. The largest absolute Gasteiger partial charge is 0.480 e. The van der Waals surface area contributed by atoms with Crippen LogP contribution < -0.4 is 27.4 Å². The lowest BCUT2D eigenvalue weighted by Gasteiger charge is -2.25. The molecule has 0 heterocycles. The predicted octanol–water partition coefficient (Wildman–Crippen LogP) is -3.60. The van der Waals surface area contributed by atoms with Gasteiger partial charge in [-0.25, -0.2) is 4.79 Å². The zero-order valence-electron chi connectivity index (χ0n) is 15.4. The number of primary amides is 1. The van der Waals surface area contributed by atoms with Crippen molar-refractivity contribution in [1.29, 1.82) is 0 Å². The van der Waals surface area contributed by atoms with E-state index in [2.05, 4.69) is 16.0 Å². The molecular formula is C15H27N5O7. The lowest BCUT2D eigenvalue weighted by atomic mass is 10.0. The number of nitrogens with one attached hydrogen (secondary N) is 3. The van der Waals surface area contributed by atoms with Crippen LogP contribution in [0, 0.1) is 5.92 Å². The minimum absolute atomic E-state index is 0.394. The predicted molar refractivity (Wildman–Crippen MR) is 92.8 cm³/mol. The van der Waals surface area contributed by atoms with Crippen LogP contribution in [0.2, 0.25) is 0 Å². The first-order valence-electron chi connectivity index (χ1n) is 8.19. The number of aliphatic carboxylic acids is 1. The smallest absolute Gasteiger partial charge is 0.328 e. The Morgan fingerprint density at radius 2 is 1.48 bits per heavy atom. The summed E-state index contributed by atoms with van der Waals surface area (Å²) < 4.78 is 0. The molecule has 27 heavy (non-hydrogen) atoms. The third-order valence-electron chi connectivity index (χ3n) is 3.55. The van der Waals surface area contributed by atoms with Crippen molar-refractivity contribution in [2.45, 2.75) is 51.4 Å². The molecule has 0 fully saturated rings. The van der Waals surface area contributed by atoms with Crippen molar-refractivity contribution in [3.05, 3.63) is 0 Å². The van der Waals surface area contributed by atoms with Crippen molar-refractivity contribution < 1.29 is 34.2 Å². The highest BCUT2D eigenvalue weighted by Gasteiger charge is 2.30. The minimum atomic E-state index is -1.51. The molecule has 154 valence electrons. The van der Waals surface area contributed by atoms with Gasteiger partial charge in [-0.3, -0.25) is 19.2 Å². The third-order valence-corrected chi connectivity index (χ3v) is 3.55. The molecule has 4 atom stereocenters. The molecule has 0 aliphatic rings. The maximum atomic E-state index is 12.2. The minimum Gasteiger partial charge on any atom is -0.480 e. The summed E-state index contributed by atoms with van der Waals surface area (Å²) in [7, 11) is 0. The van der Waals surface area contributed by atoms with Crippen molar-refractivity contribution in [1.82, 2.24) is 16.0 Å². The van der Waals surface area contributed by atoms with Gasteiger partial charge in [0.2, 0.25) is 23.6 Å². The average molecular weight is 389 g/mol. The van der Waals surface area contributed by atoms with Gasteiger partial charge in [0.1, 0.15) is 18.1 Å². The van der Waals surface area contributed by atoms with E-state index in [1.165, 1.54) is 6.92 Å². The summed E-state index contributed by atoms with van der Waals surface area (Å²) in [4.78, 5) is 57.9. The summed E-state index contributed by atoms with van der Waals surface area (Å²) in [6.07, 6.45) is -0.394. The first-order chi connectivity index (χ1) is 12.4. The highest BCUT2D eigenvalue weighted by Crippen LogP contribution is 2.03. The summed E-state index contributed by atoms with van der Waals surface area (Å²) in [5, 5.41) is 24.6. The molecule has 0 aliphatic heterocycles. The maximum Gasteiger partial charge on any atom is 0.328 e. The zero-order valence-corrected chi connectivity index (χ0v) is 15.4. The molecule has 0 saturated heterocycles. The average Bonchev–Trinajstić information content (AvgIpc) is 2.55. The lowest BCUT2D eigenvalue weighted by molar-refractivity contribution is -0.143. The molecule has 0 aromatic heterocycles.